The van der Waals surface area contributed by atoms with Gasteiger partial charge in [0.15, 0.2) is 5.11 Å². The molecule has 3 heterocycles. The first kappa shape index (κ1) is 27.4. The molecule has 2 aromatic carbocycles. The molecule has 40 heavy (non-hydrogen) atoms. The second kappa shape index (κ2) is 11.9. The molecule has 2 atom stereocenters. The molecule has 1 fully saturated rings. The Morgan fingerprint density at radius 3 is 2.65 bits per heavy atom. The van der Waals surface area contributed by atoms with Gasteiger partial charge in [0.1, 0.15) is 35.7 Å². The molecule has 0 radical (unpaired) electrons. The molecule has 0 saturated carbocycles. The summed E-state index contributed by atoms with van der Waals surface area (Å²) in [5, 5.41) is 15.5. The van der Waals surface area contributed by atoms with Gasteiger partial charge in [-0.25, -0.2) is 0 Å². The molecule has 10 nitrogen and oxygen atoms in total. The van der Waals surface area contributed by atoms with Crippen LogP contribution in [0.15, 0.2) is 77.3 Å². The van der Waals surface area contributed by atoms with Crippen LogP contribution >= 0.6 is 23.8 Å². The number of nitro benzene ring substituents is 1. The number of nitro groups is 1. The summed E-state index contributed by atoms with van der Waals surface area (Å²) in [5.41, 5.74) is 2.00. The lowest BCUT2D eigenvalue weighted by Crippen LogP contribution is -2.29. The second-order valence-corrected chi connectivity index (χ2v) is 9.59. The van der Waals surface area contributed by atoms with Crippen LogP contribution in [-0.4, -0.2) is 42.5 Å². The van der Waals surface area contributed by atoms with Crippen molar-refractivity contribution in [2.75, 3.05) is 32.3 Å². The van der Waals surface area contributed by atoms with Crippen LogP contribution in [0.4, 0.5) is 11.4 Å². The van der Waals surface area contributed by atoms with Gasteiger partial charge < -0.3 is 28.8 Å². The zero-order valence-electron chi connectivity index (χ0n) is 21.6. The van der Waals surface area contributed by atoms with Gasteiger partial charge in [0, 0.05) is 25.1 Å². The number of ether oxygens (including phenoxy) is 3. The number of nitrogens with one attached hydrogen (secondary N) is 1. The number of methoxy groups -OCH3 is 2. The van der Waals surface area contributed by atoms with E-state index < -0.39 is 11.0 Å². The van der Waals surface area contributed by atoms with Gasteiger partial charge in [-0.3, -0.25) is 15.1 Å². The summed E-state index contributed by atoms with van der Waals surface area (Å²) in [6.45, 7) is 0.803. The molecule has 2 aromatic heterocycles. The van der Waals surface area contributed by atoms with Crippen molar-refractivity contribution in [3.63, 3.8) is 0 Å². The molecular formula is C28H25ClN4O6S. The van der Waals surface area contributed by atoms with Gasteiger partial charge in [-0.15, -0.1) is 0 Å². The van der Waals surface area contributed by atoms with E-state index in [1.165, 1.54) is 19.2 Å². The Hall–Kier alpha value is -4.19. The average Bonchev–Trinajstić information content (AvgIpc) is 3.58. The molecule has 1 N–H and O–H groups in total. The summed E-state index contributed by atoms with van der Waals surface area (Å²) in [7, 11) is 3.06. The van der Waals surface area contributed by atoms with Crippen LogP contribution in [0.25, 0.3) is 11.3 Å². The number of furan rings is 1. The molecule has 4 aromatic rings. The minimum atomic E-state index is -0.473. The van der Waals surface area contributed by atoms with E-state index in [9.17, 15) is 10.1 Å². The topological polar surface area (TPSA) is 112 Å². The van der Waals surface area contributed by atoms with Crippen LogP contribution < -0.4 is 19.7 Å². The third-order valence-electron chi connectivity index (χ3n) is 6.42. The smallest absolute Gasteiger partial charge is 0.273 e. The highest BCUT2D eigenvalue weighted by atomic mass is 35.5. The lowest BCUT2D eigenvalue weighted by molar-refractivity contribution is -0.384. The van der Waals surface area contributed by atoms with E-state index in [4.69, 9.17) is 42.4 Å². The highest BCUT2D eigenvalue weighted by Crippen LogP contribution is 2.45. The Bertz CT molecular complexity index is 1530. The van der Waals surface area contributed by atoms with Gasteiger partial charge in [-0.05, 0) is 60.7 Å². The van der Waals surface area contributed by atoms with Crippen molar-refractivity contribution >= 4 is 40.3 Å². The quantitative estimate of drug-likeness (QED) is 0.102. The van der Waals surface area contributed by atoms with Crippen LogP contribution in [-0.2, 0) is 4.74 Å². The van der Waals surface area contributed by atoms with Crippen molar-refractivity contribution in [1.29, 1.82) is 0 Å². The molecule has 1 aliphatic rings. The summed E-state index contributed by atoms with van der Waals surface area (Å²) in [6, 6.07) is 18.4. The maximum atomic E-state index is 11.3. The molecule has 5 rings (SSSR count). The number of hydrogen-bond acceptors (Lipinski definition) is 8. The van der Waals surface area contributed by atoms with Gasteiger partial charge in [0.2, 0.25) is 0 Å². The zero-order chi connectivity index (χ0) is 28.2. The molecule has 12 heteroatoms. The SMILES string of the molecule is COCCOc1ccc(N2C(=S)N[C@H](c3ccccn3)[C@H]2c2ccc(-c3ccc([N+](=O)[O-])cc3OC)o2)cc1Cl. The summed E-state index contributed by atoms with van der Waals surface area (Å²) in [5.74, 6) is 1.93. The minimum absolute atomic E-state index is 0.0781. The molecule has 0 aliphatic carbocycles. The summed E-state index contributed by atoms with van der Waals surface area (Å²) in [6.07, 6.45) is 1.72. The Kier molecular flexibility index (Phi) is 8.15. The van der Waals surface area contributed by atoms with Gasteiger partial charge in [-0.2, -0.15) is 0 Å². The molecule has 0 unspecified atom stereocenters. The Morgan fingerprint density at radius 1 is 1.10 bits per heavy atom. The van der Waals surface area contributed by atoms with Crippen LogP contribution in [0, 0.1) is 10.1 Å². The maximum absolute atomic E-state index is 11.3. The summed E-state index contributed by atoms with van der Waals surface area (Å²) >= 11 is 12.4. The van der Waals surface area contributed by atoms with E-state index in [0.29, 0.717) is 51.9 Å². The monoisotopic (exact) mass is 580 g/mol. The number of aromatic nitrogens is 1. The van der Waals surface area contributed by atoms with Gasteiger partial charge >= 0.3 is 0 Å². The number of halogens is 1. The molecule has 1 saturated heterocycles. The van der Waals surface area contributed by atoms with Crippen LogP contribution in [0.5, 0.6) is 11.5 Å². The Labute approximate surface area is 240 Å². The molecule has 1 aliphatic heterocycles. The van der Waals surface area contributed by atoms with Crippen LogP contribution in [0.2, 0.25) is 5.02 Å². The van der Waals surface area contributed by atoms with Crippen LogP contribution in [0.3, 0.4) is 0 Å². The predicted octanol–water partition coefficient (Wildman–Crippen LogP) is 6.11. The standard InChI is InChI=1S/C28H25ClN4O6S/c1-36-13-14-38-23-9-7-17(15-20(23)29)32-27(26(31-28(32)40)21-5-3-4-12-30-21)24-11-10-22(39-24)19-8-6-18(33(34)35)16-25(19)37-2/h3-12,15-16,26-27H,13-14H2,1-2H3,(H,31,40)/t26-,27-/m1/s1. The van der Waals surface area contributed by atoms with E-state index in [2.05, 4.69) is 10.3 Å². The second-order valence-electron chi connectivity index (χ2n) is 8.80. The Morgan fingerprint density at radius 2 is 1.95 bits per heavy atom. The maximum Gasteiger partial charge on any atom is 0.273 e. The van der Waals surface area contributed by atoms with Crippen molar-refractivity contribution in [2.45, 2.75) is 12.1 Å². The number of benzene rings is 2. The normalized spacial score (nSPS) is 16.6. The first-order valence-electron chi connectivity index (χ1n) is 12.3. The van der Waals surface area contributed by atoms with E-state index in [1.54, 1.807) is 37.6 Å². The summed E-state index contributed by atoms with van der Waals surface area (Å²) in [4.78, 5) is 17.3. The first-order valence-corrected chi connectivity index (χ1v) is 13.0. The predicted molar refractivity (Wildman–Crippen MR) is 154 cm³/mol. The number of anilines is 1. The number of rotatable bonds is 10. The van der Waals surface area contributed by atoms with Gasteiger partial charge in [0.05, 0.1) is 47.0 Å². The molecule has 206 valence electrons. The van der Waals surface area contributed by atoms with Gasteiger partial charge in [0.25, 0.3) is 5.69 Å². The molecule has 0 amide bonds. The first-order chi connectivity index (χ1) is 19.4. The Balaban J connectivity index is 1.55. The van der Waals surface area contributed by atoms with Crippen molar-refractivity contribution in [3.8, 4) is 22.8 Å². The number of pyridine rings is 1. The number of nitrogens with zero attached hydrogens (tertiary/aromatic N) is 3. The number of thiocarbonyl (C=S) groups is 1. The van der Waals surface area contributed by atoms with E-state index in [1.807, 2.05) is 35.2 Å². The highest BCUT2D eigenvalue weighted by molar-refractivity contribution is 7.80. The fourth-order valence-corrected chi connectivity index (χ4v) is 5.14. The van der Waals surface area contributed by atoms with Crippen molar-refractivity contribution in [3.05, 3.63) is 99.5 Å². The fourth-order valence-electron chi connectivity index (χ4n) is 4.57. The lowest BCUT2D eigenvalue weighted by Gasteiger charge is -2.26. The largest absolute Gasteiger partial charge is 0.496 e. The number of hydrogen-bond donors (Lipinski definition) is 1. The van der Waals surface area contributed by atoms with E-state index in [-0.39, 0.29) is 11.7 Å². The van der Waals surface area contributed by atoms with Crippen molar-refractivity contribution in [1.82, 2.24) is 10.3 Å². The zero-order valence-corrected chi connectivity index (χ0v) is 23.1. The third-order valence-corrected chi connectivity index (χ3v) is 7.03. The lowest BCUT2D eigenvalue weighted by atomic mass is 10.0. The summed E-state index contributed by atoms with van der Waals surface area (Å²) < 4.78 is 22.6. The average molecular weight is 581 g/mol. The van der Waals surface area contributed by atoms with Crippen molar-refractivity contribution < 1.29 is 23.6 Å². The highest BCUT2D eigenvalue weighted by Gasteiger charge is 2.43. The fraction of sp³-hybridized carbons (Fsp3) is 0.214. The molecular weight excluding hydrogens is 556 g/mol. The third kappa shape index (κ3) is 5.44. The number of non-ortho nitro benzene ring substituents is 1. The van der Waals surface area contributed by atoms with Crippen molar-refractivity contribution in [2.24, 2.45) is 0 Å². The van der Waals surface area contributed by atoms with Crippen LogP contribution in [0.1, 0.15) is 23.5 Å². The molecule has 0 bridgehead atoms. The minimum Gasteiger partial charge on any atom is -0.496 e. The van der Waals surface area contributed by atoms with Gasteiger partial charge in [-0.1, -0.05) is 17.7 Å². The van der Waals surface area contributed by atoms with E-state index in [0.717, 1.165) is 11.4 Å². The van der Waals surface area contributed by atoms with E-state index >= 15 is 0 Å². The molecule has 0 spiro atoms.